The third kappa shape index (κ3) is 5.01. The van der Waals surface area contributed by atoms with Gasteiger partial charge in [0.25, 0.3) is 0 Å². The van der Waals surface area contributed by atoms with Crippen LogP contribution in [0.5, 0.6) is 0 Å². The lowest BCUT2D eigenvalue weighted by Gasteiger charge is -2.31. The normalized spacial score (nSPS) is 18.6. The number of nitrogens with two attached hydrogens (primary N) is 1. The Kier molecular flexibility index (Phi) is 7.02. The van der Waals surface area contributed by atoms with E-state index >= 15 is 0 Å². The Morgan fingerprint density at radius 1 is 1.39 bits per heavy atom. The van der Waals surface area contributed by atoms with Crippen molar-refractivity contribution in [1.82, 2.24) is 15.0 Å². The van der Waals surface area contributed by atoms with Crippen LogP contribution in [0.2, 0.25) is 0 Å². The second-order valence-electron chi connectivity index (χ2n) is 5.84. The largest absolute Gasteiger partial charge is 0.338 e. The van der Waals surface area contributed by atoms with Crippen LogP contribution in [-0.2, 0) is 6.54 Å². The van der Waals surface area contributed by atoms with Gasteiger partial charge in [0.05, 0.1) is 6.54 Å². The first-order valence-corrected chi connectivity index (χ1v) is 8.55. The fourth-order valence-electron chi connectivity index (χ4n) is 3.02. The smallest absolute Gasteiger partial charge is 0.241 e. The summed E-state index contributed by atoms with van der Waals surface area (Å²) in [6, 6.07) is 7.93. The average Bonchev–Trinajstić information content (AvgIpc) is 2.96. The van der Waals surface area contributed by atoms with Crippen molar-refractivity contribution in [3.63, 3.8) is 0 Å². The summed E-state index contributed by atoms with van der Waals surface area (Å²) in [7, 11) is 0. The number of aromatic nitrogens is 2. The maximum absolute atomic E-state index is 5.67. The van der Waals surface area contributed by atoms with E-state index in [0.717, 1.165) is 42.6 Å². The molecule has 1 atom stereocenters. The lowest BCUT2D eigenvalue weighted by molar-refractivity contribution is 0.146. The number of hydrogen-bond donors (Lipinski definition) is 1. The molecule has 0 spiro atoms. The van der Waals surface area contributed by atoms with Crippen LogP contribution >= 0.6 is 28.3 Å². The lowest BCUT2D eigenvalue weighted by atomic mass is 9.95. The Bertz CT molecular complexity index is 620. The number of rotatable bonds is 5. The van der Waals surface area contributed by atoms with Crippen molar-refractivity contribution >= 4 is 28.3 Å². The Morgan fingerprint density at radius 2 is 2.26 bits per heavy atom. The van der Waals surface area contributed by atoms with Crippen molar-refractivity contribution < 1.29 is 4.52 Å². The summed E-state index contributed by atoms with van der Waals surface area (Å²) in [6.07, 6.45) is 3.60. The lowest BCUT2D eigenvalue weighted by Crippen LogP contribution is -2.35. The molecule has 1 unspecified atom stereocenters. The molecular weight excluding hydrogens is 380 g/mol. The molecule has 1 aliphatic heterocycles. The zero-order valence-corrected chi connectivity index (χ0v) is 15.4. The van der Waals surface area contributed by atoms with Crippen LogP contribution in [0.4, 0.5) is 0 Å². The van der Waals surface area contributed by atoms with Crippen molar-refractivity contribution in [3.05, 3.63) is 34.6 Å². The standard InChI is InChI=1S/C16H21BrN4O.ClH/c17-14-5-1-4-13(9-14)16-19-15(22-20-16)11-21-8-2-3-12(10-21)6-7-18;/h1,4-5,9,12H,2-3,6-8,10-11,18H2;1H. The molecular formula is C16H22BrClN4O. The SMILES string of the molecule is Cl.NCCC1CCCN(Cc2nc(-c3cccc(Br)c3)no2)C1. The van der Waals surface area contributed by atoms with Crippen LogP contribution in [0, 0.1) is 5.92 Å². The number of halogens is 2. The van der Waals surface area contributed by atoms with Crippen LogP contribution in [-0.4, -0.2) is 34.7 Å². The van der Waals surface area contributed by atoms with E-state index in [1.165, 1.54) is 12.8 Å². The molecule has 1 aliphatic rings. The van der Waals surface area contributed by atoms with Gasteiger partial charge < -0.3 is 10.3 Å². The van der Waals surface area contributed by atoms with Gasteiger partial charge in [-0.3, -0.25) is 4.90 Å². The topological polar surface area (TPSA) is 68.2 Å². The molecule has 23 heavy (non-hydrogen) atoms. The first-order valence-electron chi connectivity index (χ1n) is 7.75. The minimum Gasteiger partial charge on any atom is -0.338 e. The van der Waals surface area contributed by atoms with E-state index in [-0.39, 0.29) is 12.4 Å². The van der Waals surface area contributed by atoms with Crippen LogP contribution in [0.15, 0.2) is 33.3 Å². The minimum absolute atomic E-state index is 0. The van der Waals surface area contributed by atoms with Crippen LogP contribution in [0.3, 0.4) is 0 Å². The molecule has 1 aromatic heterocycles. The highest BCUT2D eigenvalue weighted by atomic mass is 79.9. The minimum atomic E-state index is 0. The van der Waals surface area contributed by atoms with Gasteiger partial charge in [-0.05, 0) is 50.4 Å². The molecule has 0 amide bonds. The van der Waals surface area contributed by atoms with E-state index in [2.05, 4.69) is 31.0 Å². The molecule has 7 heteroatoms. The van der Waals surface area contributed by atoms with Crippen molar-refractivity contribution in [2.24, 2.45) is 11.7 Å². The second-order valence-corrected chi connectivity index (χ2v) is 6.76. The van der Waals surface area contributed by atoms with Gasteiger partial charge in [-0.1, -0.05) is 33.2 Å². The van der Waals surface area contributed by atoms with Gasteiger partial charge in [-0.2, -0.15) is 4.98 Å². The summed E-state index contributed by atoms with van der Waals surface area (Å²) in [5.41, 5.74) is 6.64. The summed E-state index contributed by atoms with van der Waals surface area (Å²) >= 11 is 3.46. The van der Waals surface area contributed by atoms with Crippen LogP contribution in [0.25, 0.3) is 11.4 Å². The molecule has 3 rings (SSSR count). The van der Waals surface area contributed by atoms with Gasteiger partial charge in [-0.25, -0.2) is 0 Å². The van der Waals surface area contributed by atoms with Crippen molar-refractivity contribution in [1.29, 1.82) is 0 Å². The summed E-state index contributed by atoms with van der Waals surface area (Å²) < 4.78 is 6.43. The number of hydrogen-bond acceptors (Lipinski definition) is 5. The van der Waals surface area contributed by atoms with Gasteiger partial charge in [0.15, 0.2) is 0 Å². The molecule has 0 aliphatic carbocycles. The molecule has 2 N–H and O–H groups in total. The highest BCUT2D eigenvalue weighted by Crippen LogP contribution is 2.23. The van der Waals surface area contributed by atoms with Crippen LogP contribution < -0.4 is 5.73 Å². The van der Waals surface area contributed by atoms with E-state index in [1.54, 1.807) is 0 Å². The van der Waals surface area contributed by atoms with Gasteiger partial charge >= 0.3 is 0 Å². The Morgan fingerprint density at radius 3 is 3.04 bits per heavy atom. The zero-order chi connectivity index (χ0) is 15.4. The molecule has 1 aromatic carbocycles. The summed E-state index contributed by atoms with van der Waals surface area (Å²) in [5.74, 6) is 2.03. The Hall–Kier alpha value is -0.950. The number of nitrogens with zero attached hydrogens (tertiary/aromatic N) is 3. The molecule has 2 heterocycles. The quantitative estimate of drug-likeness (QED) is 0.830. The molecule has 2 aromatic rings. The van der Waals surface area contributed by atoms with Crippen molar-refractivity contribution in [2.75, 3.05) is 19.6 Å². The second kappa shape index (κ2) is 8.78. The van der Waals surface area contributed by atoms with E-state index in [1.807, 2.05) is 24.3 Å². The maximum atomic E-state index is 5.67. The number of likely N-dealkylation sites (tertiary alicyclic amines) is 1. The summed E-state index contributed by atoms with van der Waals surface area (Å²) in [4.78, 5) is 6.91. The van der Waals surface area contributed by atoms with E-state index in [9.17, 15) is 0 Å². The summed E-state index contributed by atoms with van der Waals surface area (Å²) in [5, 5.41) is 4.09. The molecule has 0 radical (unpaired) electrons. The van der Waals surface area contributed by atoms with Crippen molar-refractivity contribution in [2.45, 2.75) is 25.8 Å². The molecule has 0 bridgehead atoms. The zero-order valence-electron chi connectivity index (χ0n) is 12.9. The monoisotopic (exact) mass is 400 g/mol. The highest BCUT2D eigenvalue weighted by Gasteiger charge is 2.21. The van der Waals surface area contributed by atoms with E-state index in [4.69, 9.17) is 10.3 Å². The summed E-state index contributed by atoms with van der Waals surface area (Å²) in [6.45, 7) is 3.66. The van der Waals surface area contributed by atoms with Gasteiger partial charge in [0.1, 0.15) is 0 Å². The first-order chi connectivity index (χ1) is 10.7. The predicted octanol–water partition coefficient (Wildman–Crippen LogP) is 3.48. The molecule has 1 fully saturated rings. The Labute approximate surface area is 151 Å². The van der Waals surface area contributed by atoms with Crippen LogP contribution in [0.1, 0.15) is 25.2 Å². The molecule has 1 saturated heterocycles. The van der Waals surface area contributed by atoms with Gasteiger partial charge in [-0.15, -0.1) is 12.4 Å². The highest BCUT2D eigenvalue weighted by molar-refractivity contribution is 9.10. The van der Waals surface area contributed by atoms with E-state index in [0.29, 0.717) is 17.6 Å². The third-order valence-electron chi connectivity index (χ3n) is 4.09. The number of piperidine rings is 1. The maximum Gasteiger partial charge on any atom is 0.241 e. The van der Waals surface area contributed by atoms with Crippen molar-refractivity contribution in [3.8, 4) is 11.4 Å². The Balaban J connectivity index is 0.00000192. The first kappa shape index (κ1) is 18.4. The van der Waals surface area contributed by atoms with E-state index < -0.39 is 0 Å². The fourth-order valence-corrected chi connectivity index (χ4v) is 3.42. The fraction of sp³-hybridized carbons (Fsp3) is 0.500. The van der Waals surface area contributed by atoms with Gasteiger partial charge in [0, 0.05) is 16.6 Å². The third-order valence-corrected chi connectivity index (χ3v) is 4.58. The number of benzene rings is 1. The molecule has 126 valence electrons. The molecule has 5 nitrogen and oxygen atoms in total. The molecule has 0 saturated carbocycles. The van der Waals surface area contributed by atoms with Gasteiger partial charge in [0.2, 0.25) is 11.7 Å². The predicted molar refractivity (Wildman–Crippen MR) is 96.4 cm³/mol. The average molecular weight is 402 g/mol.